The summed E-state index contributed by atoms with van der Waals surface area (Å²) in [5.41, 5.74) is 3.06. The molecule has 0 spiro atoms. The maximum Gasteiger partial charge on any atom is 0.196 e. The first kappa shape index (κ1) is 13.0. The molecule has 18 heavy (non-hydrogen) atoms. The molecule has 1 aliphatic rings. The van der Waals surface area contributed by atoms with E-state index in [4.69, 9.17) is 16.3 Å². The van der Waals surface area contributed by atoms with E-state index in [0.717, 1.165) is 5.56 Å². The lowest BCUT2D eigenvalue weighted by Crippen LogP contribution is -2.60. The van der Waals surface area contributed by atoms with Crippen molar-refractivity contribution < 1.29 is 9.77 Å². The highest BCUT2D eigenvalue weighted by molar-refractivity contribution is 6.29. The molecule has 9 heteroatoms. The van der Waals surface area contributed by atoms with Gasteiger partial charge in [0.15, 0.2) is 11.3 Å². The van der Waals surface area contributed by atoms with E-state index in [1.54, 1.807) is 17.2 Å². The summed E-state index contributed by atoms with van der Waals surface area (Å²) in [5, 5.41) is 13.1. The number of rotatable bonds is 4. The third-order valence-electron chi connectivity index (χ3n) is 2.40. The summed E-state index contributed by atoms with van der Waals surface area (Å²) in [4.78, 5) is 16.2. The normalized spacial score (nSPS) is 20.6. The van der Waals surface area contributed by atoms with E-state index in [0.29, 0.717) is 18.4 Å². The van der Waals surface area contributed by atoms with E-state index < -0.39 is 11.3 Å². The summed E-state index contributed by atoms with van der Waals surface area (Å²) in [6.45, 7) is 1.02. The van der Waals surface area contributed by atoms with E-state index in [9.17, 15) is 10.1 Å². The van der Waals surface area contributed by atoms with Gasteiger partial charge >= 0.3 is 0 Å². The van der Waals surface area contributed by atoms with Crippen molar-refractivity contribution in [3.05, 3.63) is 39.2 Å². The third kappa shape index (κ3) is 3.50. The molecule has 0 aliphatic carbocycles. The van der Waals surface area contributed by atoms with Crippen LogP contribution in [0.4, 0.5) is 0 Å². The van der Waals surface area contributed by atoms with Gasteiger partial charge in [0.2, 0.25) is 0 Å². The van der Waals surface area contributed by atoms with Gasteiger partial charge in [0.25, 0.3) is 0 Å². The molecule has 98 valence electrons. The van der Waals surface area contributed by atoms with Crippen LogP contribution in [-0.2, 0) is 11.3 Å². The number of nitro groups is 1. The summed E-state index contributed by atoms with van der Waals surface area (Å²) < 4.78 is 5.20. The molecule has 1 aromatic heterocycles. The molecule has 2 rings (SSSR count). The van der Waals surface area contributed by atoms with Crippen LogP contribution in [0.25, 0.3) is 0 Å². The van der Waals surface area contributed by atoms with Gasteiger partial charge in [-0.05, 0) is 11.6 Å². The largest absolute Gasteiger partial charge is 0.351 e. The summed E-state index contributed by atoms with van der Waals surface area (Å²) in [5.74, 6) is 0. The second-order valence-electron chi connectivity index (χ2n) is 3.71. The Bertz CT molecular complexity index is 415. The predicted octanol–water partition coefficient (Wildman–Crippen LogP) is 0.137. The lowest BCUT2D eigenvalue weighted by Gasteiger charge is -2.33. The number of aromatic nitrogens is 1. The van der Waals surface area contributed by atoms with Crippen LogP contribution < -0.4 is 10.7 Å². The molecular formula is C9H12ClN5O3. The van der Waals surface area contributed by atoms with E-state index in [1.807, 2.05) is 6.07 Å². The molecular weight excluding hydrogens is 262 g/mol. The maximum absolute atomic E-state index is 10.5. The van der Waals surface area contributed by atoms with Gasteiger partial charge in [0.05, 0.1) is 0 Å². The van der Waals surface area contributed by atoms with Crippen LogP contribution in [0.3, 0.4) is 0 Å². The number of hydrogen-bond acceptors (Lipinski definition) is 6. The second kappa shape index (κ2) is 5.91. The minimum Gasteiger partial charge on any atom is -0.351 e. The molecule has 0 bridgehead atoms. The molecule has 0 saturated carbocycles. The van der Waals surface area contributed by atoms with Crippen LogP contribution in [0, 0.1) is 10.1 Å². The average Bonchev–Trinajstić information content (AvgIpc) is 2.34. The fourth-order valence-electron chi connectivity index (χ4n) is 1.60. The SMILES string of the molecule is O=[N+]([O-])NC1NCOCN1Cc1ccc(Cl)nc1. The number of halogens is 1. The van der Waals surface area contributed by atoms with Gasteiger partial charge in [0.1, 0.15) is 18.6 Å². The van der Waals surface area contributed by atoms with Gasteiger partial charge < -0.3 is 4.74 Å². The highest BCUT2D eigenvalue weighted by atomic mass is 35.5. The van der Waals surface area contributed by atoms with Crippen molar-refractivity contribution >= 4 is 11.6 Å². The third-order valence-corrected chi connectivity index (χ3v) is 2.63. The molecule has 1 atom stereocenters. The first-order valence-corrected chi connectivity index (χ1v) is 5.59. The Kier molecular flexibility index (Phi) is 4.26. The zero-order valence-corrected chi connectivity index (χ0v) is 10.1. The predicted molar refractivity (Wildman–Crippen MR) is 62.7 cm³/mol. The van der Waals surface area contributed by atoms with Gasteiger partial charge in [-0.25, -0.2) is 20.0 Å². The van der Waals surface area contributed by atoms with Gasteiger partial charge in [-0.15, -0.1) is 5.43 Å². The number of pyridine rings is 1. The van der Waals surface area contributed by atoms with Crippen LogP contribution in [0.1, 0.15) is 5.56 Å². The molecule has 0 radical (unpaired) electrons. The number of hydrogen-bond donors (Lipinski definition) is 2. The lowest BCUT2D eigenvalue weighted by atomic mass is 10.3. The second-order valence-corrected chi connectivity index (χ2v) is 4.09. The number of hydrazine groups is 1. The van der Waals surface area contributed by atoms with Crippen molar-refractivity contribution in [2.75, 3.05) is 13.5 Å². The van der Waals surface area contributed by atoms with E-state index in [1.165, 1.54) is 0 Å². The van der Waals surface area contributed by atoms with Gasteiger partial charge in [-0.1, -0.05) is 17.7 Å². The Morgan fingerprint density at radius 2 is 2.56 bits per heavy atom. The molecule has 8 nitrogen and oxygen atoms in total. The Hall–Kier alpha value is -1.48. The van der Waals surface area contributed by atoms with Gasteiger partial charge in [-0.2, -0.15) is 0 Å². The van der Waals surface area contributed by atoms with Crippen molar-refractivity contribution in [1.29, 1.82) is 0 Å². The number of nitrogens with zero attached hydrogens (tertiary/aromatic N) is 3. The van der Waals surface area contributed by atoms with Crippen LogP contribution in [-0.4, -0.2) is 34.7 Å². The van der Waals surface area contributed by atoms with Crippen molar-refractivity contribution in [3.8, 4) is 0 Å². The first-order valence-electron chi connectivity index (χ1n) is 5.21. The van der Waals surface area contributed by atoms with E-state index in [-0.39, 0.29) is 6.73 Å². The monoisotopic (exact) mass is 273 g/mol. The zero-order chi connectivity index (χ0) is 13.0. The van der Waals surface area contributed by atoms with Crippen LogP contribution in [0.2, 0.25) is 5.15 Å². The van der Waals surface area contributed by atoms with E-state index in [2.05, 4.69) is 15.7 Å². The zero-order valence-electron chi connectivity index (χ0n) is 9.38. The van der Waals surface area contributed by atoms with Crippen molar-refractivity contribution in [2.45, 2.75) is 12.8 Å². The smallest absolute Gasteiger partial charge is 0.196 e. The Morgan fingerprint density at radius 3 is 3.22 bits per heavy atom. The molecule has 1 saturated heterocycles. The standard InChI is InChI=1S/C9H12ClN5O3/c10-8-2-1-7(3-11-8)4-14-6-18-5-12-9(14)13-15(16)17/h1-3,9,12-13H,4-6H2. The highest BCUT2D eigenvalue weighted by Gasteiger charge is 2.25. The van der Waals surface area contributed by atoms with Crippen LogP contribution in [0.5, 0.6) is 0 Å². The Morgan fingerprint density at radius 1 is 1.72 bits per heavy atom. The molecule has 1 fully saturated rings. The van der Waals surface area contributed by atoms with Crippen molar-refractivity contribution in [1.82, 2.24) is 20.6 Å². The maximum atomic E-state index is 10.5. The summed E-state index contributed by atoms with van der Waals surface area (Å²) >= 11 is 5.69. The lowest BCUT2D eigenvalue weighted by molar-refractivity contribution is -0.559. The highest BCUT2D eigenvalue weighted by Crippen LogP contribution is 2.10. The van der Waals surface area contributed by atoms with Crippen molar-refractivity contribution in [3.63, 3.8) is 0 Å². The number of nitrogens with one attached hydrogen (secondary N) is 2. The summed E-state index contributed by atoms with van der Waals surface area (Å²) in [7, 11) is 0. The minimum atomic E-state index is -0.587. The van der Waals surface area contributed by atoms with E-state index >= 15 is 0 Å². The number of ether oxygens (including phenoxy) is 1. The Balaban J connectivity index is 2.00. The molecule has 2 heterocycles. The topological polar surface area (TPSA) is 92.6 Å². The molecule has 1 aliphatic heterocycles. The molecule has 1 aromatic rings. The molecule has 2 N–H and O–H groups in total. The summed E-state index contributed by atoms with van der Waals surface area (Å²) in [6, 6.07) is 3.48. The minimum absolute atomic E-state index is 0.265. The Labute approximate surface area is 108 Å². The van der Waals surface area contributed by atoms with Gasteiger partial charge in [0, 0.05) is 12.7 Å². The quantitative estimate of drug-likeness (QED) is 0.458. The van der Waals surface area contributed by atoms with Crippen LogP contribution >= 0.6 is 11.6 Å². The molecule has 0 amide bonds. The molecule has 1 unspecified atom stereocenters. The van der Waals surface area contributed by atoms with Crippen LogP contribution in [0.15, 0.2) is 18.3 Å². The van der Waals surface area contributed by atoms with Crippen molar-refractivity contribution in [2.24, 2.45) is 0 Å². The summed E-state index contributed by atoms with van der Waals surface area (Å²) in [6.07, 6.45) is 1.05. The fraction of sp³-hybridized carbons (Fsp3) is 0.444. The van der Waals surface area contributed by atoms with Gasteiger partial charge in [-0.3, -0.25) is 5.32 Å². The first-order chi connectivity index (χ1) is 8.65. The fourth-order valence-corrected chi connectivity index (χ4v) is 1.71. The molecule has 0 aromatic carbocycles. The average molecular weight is 274 g/mol.